The minimum atomic E-state index is -4.00. The van der Waals surface area contributed by atoms with Gasteiger partial charge in [-0.15, -0.1) is 0 Å². The lowest BCUT2D eigenvalue weighted by Crippen LogP contribution is -2.32. The third-order valence-electron chi connectivity index (χ3n) is 24.0. The number of aryl methyl sites for hydroxylation is 5. The summed E-state index contributed by atoms with van der Waals surface area (Å²) < 4.78 is 47.7. The standard InChI is InChI=1S/C22H25N9.C15H23N3O2S.C11H12BrNO.C10H9BrN2.C10H9N5.C10H15N3.C6H7BrN2.C6H3BrN2.C4H5ClO.C4H8O.CH4O/c1-3-30-21(15-8-23-13(2)24-9-15)29-18-19(26-12-27-22(18)30)28-16-6-7-17-10-25-20(14-4-5-14)31(17)11-16;1-9(2)12-7-13(10(3)4)15(14(8-12)11(5)6)21(19,20)18-17-16;12-9-3-4-10(13-7-9)5-6-11(14)8-1-2-8;11-8-3-4-9-5-12-10(7-1-2-7)13(9)6-8;11-14-13-8-3-4-9-5-12-10(7-1-2-7)15(9)6-8;11-8-3-4-9-5-12-10(7-1-2-7)13(9)6-8;2*7-5-1-2-6(3-8)9-4-5;5-4(6)3-1-2-3;1-2-4-5-3-1;1-2/h8-10,12,14,16H,3-7,11H2,1-2H3,(H,26,27,28);7-11H,1-6H3;3-4,7-8H,1-2,5-6H2;3-7H,1-2H2;3-7H,1-2H2;5,7-8H,1-4,6,11H2;1-2,4H,3,8H2;1-2,4H;3H,1-2H2;1-4H2;2H,1H3. The molecule has 6 saturated carbocycles. The van der Waals surface area contributed by atoms with Gasteiger partial charge in [0.1, 0.15) is 58.8 Å². The number of hydrogen-bond acceptors (Lipinski definition) is 23. The molecule has 0 spiro atoms. The van der Waals surface area contributed by atoms with Crippen molar-refractivity contribution in [3.05, 3.63) is 260 Å². The average Bonchev–Trinajstić information content (AvgIpc) is 1.20. The van der Waals surface area contributed by atoms with Crippen molar-refractivity contribution in [2.45, 2.75) is 268 Å². The summed E-state index contributed by atoms with van der Waals surface area (Å²) in [6, 6.07) is 25.4. The summed E-state index contributed by atoms with van der Waals surface area (Å²) in [5.74, 6) is 11.3. The summed E-state index contributed by atoms with van der Waals surface area (Å²) in [6.45, 7) is 21.1. The predicted octanol–water partition coefficient (Wildman–Crippen LogP) is 22.7. The van der Waals surface area contributed by atoms with Crippen LogP contribution in [-0.4, -0.2) is 139 Å². The molecule has 39 heteroatoms. The van der Waals surface area contributed by atoms with Crippen LogP contribution in [0.1, 0.15) is 273 Å². The highest BCUT2D eigenvalue weighted by Crippen LogP contribution is 2.45. The number of aliphatic hydroxyl groups is 1. The Morgan fingerprint density at radius 2 is 1.13 bits per heavy atom. The van der Waals surface area contributed by atoms with E-state index in [1.165, 1.54) is 98.6 Å². The maximum absolute atomic E-state index is 12.3. The number of imidazole rings is 5. The first-order chi connectivity index (χ1) is 66.6. The second-order valence-corrected chi connectivity index (χ2v) is 41.5. The number of halogens is 5. The number of carbonyl (C=O) groups is 2. The van der Waals surface area contributed by atoms with Crippen molar-refractivity contribution in [1.29, 1.82) is 5.26 Å². The molecule has 15 heterocycles. The van der Waals surface area contributed by atoms with Gasteiger partial charge >= 0.3 is 0 Å². The molecule has 728 valence electrons. The summed E-state index contributed by atoms with van der Waals surface area (Å²) in [6.07, 6.45) is 44.9. The van der Waals surface area contributed by atoms with Crippen molar-refractivity contribution in [3.63, 3.8) is 0 Å². The number of rotatable bonds is 20. The van der Waals surface area contributed by atoms with E-state index in [-0.39, 0.29) is 33.9 Å². The summed E-state index contributed by atoms with van der Waals surface area (Å²) in [5, 5.41) is 22.4. The number of azide groups is 2. The van der Waals surface area contributed by atoms with Crippen molar-refractivity contribution in [2.24, 2.45) is 32.9 Å². The van der Waals surface area contributed by atoms with E-state index in [4.69, 9.17) is 59.2 Å². The molecule has 22 rings (SSSR count). The molecule has 6 aliphatic carbocycles. The van der Waals surface area contributed by atoms with Gasteiger partial charge in [0, 0.05) is 206 Å². The molecule has 138 heavy (non-hydrogen) atoms. The van der Waals surface area contributed by atoms with Crippen molar-refractivity contribution < 1.29 is 27.9 Å². The first kappa shape index (κ1) is 106. The molecule has 0 bridgehead atoms. The molecule has 13 aromatic rings. The highest BCUT2D eigenvalue weighted by atomic mass is 79.9. The van der Waals surface area contributed by atoms with Crippen LogP contribution in [0.3, 0.4) is 0 Å². The van der Waals surface area contributed by atoms with Crippen LogP contribution < -0.4 is 16.8 Å². The molecule has 2 unspecified atom stereocenters. The van der Waals surface area contributed by atoms with Crippen LogP contribution in [0.4, 0.5) is 11.5 Å². The fraction of sp³-hybridized carbons (Fsp3) is 0.465. The molecular formula is C99H120Br4ClN27O6S. The summed E-state index contributed by atoms with van der Waals surface area (Å²) in [5.41, 5.74) is 41.2. The molecule has 9 aliphatic rings. The smallest absolute Gasteiger partial charge is 0.264 e. The first-order valence-electron chi connectivity index (χ1n) is 47.0. The van der Waals surface area contributed by atoms with E-state index in [9.17, 15) is 18.0 Å². The Bertz CT molecular complexity index is 6450. The molecule has 1 aromatic carbocycles. The molecule has 6 N–H and O–H groups in total. The van der Waals surface area contributed by atoms with E-state index < -0.39 is 10.0 Å². The Kier molecular flexibility index (Phi) is 39.6. The predicted molar refractivity (Wildman–Crippen MR) is 549 cm³/mol. The third kappa shape index (κ3) is 30.9. The minimum Gasteiger partial charge on any atom is -0.400 e. The Morgan fingerprint density at radius 1 is 0.609 bits per heavy atom. The number of sulfonamides is 1. The number of nitrogens with two attached hydrogens (primary N) is 2. The average molecular weight is 2170 g/mol. The van der Waals surface area contributed by atoms with E-state index >= 15 is 0 Å². The number of ether oxygens (including phenoxy) is 1. The number of Topliss-reactive ketones (excluding diaryl/α,β-unsaturated/α-hetero) is 1. The van der Waals surface area contributed by atoms with E-state index in [0.29, 0.717) is 65.8 Å². The van der Waals surface area contributed by atoms with Gasteiger partial charge in [-0.1, -0.05) is 58.8 Å². The molecular weight excluding hydrogens is 2050 g/mol. The number of aromatic nitrogens is 17. The van der Waals surface area contributed by atoms with E-state index in [0.717, 1.165) is 195 Å². The topological polar surface area (TPSA) is 461 Å². The van der Waals surface area contributed by atoms with Crippen molar-refractivity contribution in [1.82, 2.24) is 82.3 Å². The summed E-state index contributed by atoms with van der Waals surface area (Å²) in [7, 11) is -3.00. The largest absolute Gasteiger partial charge is 0.400 e. The Labute approximate surface area is 843 Å². The second-order valence-electron chi connectivity index (χ2n) is 35.9. The molecule has 0 amide bonds. The van der Waals surface area contributed by atoms with Crippen LogP contribution in [0.2, 0.25) is 0 Å². The van der Waals surface area contributed by atoms with Gasteiger partial charge in [0.05, 0.1) is 45.3 Å². The van der Waals surface area contributed by atoms with Crippen LogP contribution in [0.15, 0.2) is 180 Å². The van der Waals surface area contributed by atoms with E-state index in [1.807, 2.05) is 131 Å². The number of nitrogens with one attached hydrogen (secondary N) is 1. The van der Waals surface area contributed by atoms with Crippen LogP contribution in [0.5, 0.6) is 0 Å². The van der Waals surface area contributed by atoms with Crippen LogP contribution in [-0.2, 0) is 69.8 Å². The Morgan fingerprint density at radius 3 is 1.60 bits per heavy atom. The lowest BCUT2D eigenvalue weighted by Gasteiger charge is -2.26. The summed E-state index contributed by atoms with van der Waals surface area (Å²) in [4.78, 5) is 79.6. The Hall–Kier alpha value is -10.7. The van der Waals surface area contributed by atoms with Gasteiger partial charge in [0.2, 0.25) is 5.24 Å². The Balaban J connectivity index is 0.000000143. The lowest BCUT2D eigenvalue weighted by atomic mass is 9.89. The SMILES string of the molecule is Brc1ccc2cnc(C3CC3)n2c1.C1CCOC1.CC(C)c1cc(C(C)C)c(S(=O)(=O)N=[N+]=[N-])c(C(C)C)c1.CCn1c(-c2cnc(C)nc2)nc2c(NC3CCc4cnc(C5CC5)n4C3)ncnc21.CO.N#Cc1ccc(Br)cn1.NC1CCc2cnc(C3CC3)n2C1.NCc1ccc(Br)cn1.O=C(CCc1ccc(Br)cn1)C1CC1.O=C(Cl)C1CC1.[N-]=[N+]=Nc1ccc2cnc(C3CC3)n2c1. The van der Waals surface area contributed by atoms with Crippen molar-refractivity contribution in [3.8, 4) is 17.5 Å². The molecule has 12 aromatic heterocycles. The first-order valence-corrected chi connectivity index (χ1v) is 52.0. The maximum Gasteiger partial charge on any atom is 0.264 e. The van der Waals surface area contributed by atoms with Gasteiger partial charge in [-0.05, 0) is 317 Å². The number of ketones is 1. The zero-order valence-corrected chi connectivity index (χ0v) is 87.2. The number of fused-ring (bicyclic) bond motifs is 5. The number of nitriles is 1. The third-order valence-corrected chi connectivity index (χ3v) is 27.5. The number of aliphatic hydroxyl groups excluding tert-OH is 1. The van der Waals surface area contributed by atoms with E-state index in [1.54, 1.807) is 43.1 Å². The number of hydrogen-bond donors (Lipinski definition) is 4. The molecule has 7 fully saturated rings. The van der Waals surface area contributed by atoms with Gasteiger partial charge in [-0.25, -0.2) is 58.3 Å². The molecule has 0 radical (unpaired) electrons. The van der Waals surface area contributed by atoms with Gasteiger partial charge in [-0.3, -0.25) is 19.6 Å². The number of benzene rings is 1. The number of pyridine rings is 5. The highest BCUT2D eigenvalue weighted by Gasteiger charge is 2.36. The number of nitrogens with zero attached hydrogens (tertiary/aromatic N) is 24. The van der Waals surface area contributed by atoms with Crippen LogP contribution in [0, 0.1) is 30.1 Å². The van der Waals surface area contributed by atoms with Crippen LogP contribution >= 0.6 is 75.3 Å². The maximum atomic E-state index is 12.3. The number of anilines is 1. The zero-order valence-electron chi connectivity index (χ0n) is 79.3. The molecule has 1 saturated heterocycles. The lowest BCUT2D eigenvalue weighted by molar-refractivity contribution is -0.120. The zero-order chi connectivity index (χ0) is 98.7. The van der Waals surface area contributed by atoms with Crippen molar-refractivity contribution >= 4 is 130 Å². The fourth-order valence-corrected chi connectivity index (χ4v) is 18.2. The molecule has 33 nitrogen and oxygen atoms in total. The summed E-state index contributed by atoms with van der Waals surface area (Å²) >= 11 is 18.3. The van der Waals surface area contributed by atoms with Crippen molar-refractivity contribution in [2.75, 3.05) is 25.6 Å². The second kappa shape index (κ2) is 51.5. The minimum absolute atomic E-state index is 0.0277. The molecule has 3 aliphatic heterocycles. The van der Waals surface area contributed by atoms with Gasteiger partial charge < -0.3 is 49.1 Å². The molecule has 2 atom stereocenters. The normalized spacial score (nSPS) is 16.3. The van der Waals surface area contributed by atoms with Gasteiger partial charge in [0.15, 0.2) is 17.0 Å². The van der Waals surface area contributed by atoms with Gasteiger partial charge in [-0.2, -0.15) is 5.26 Å². The van der Waals surface area contributed by atoms with E-state index in [2.05, 4.69) is 196 Å². The highest BCUT2D eigenvalue weighted by molar-refractivity contribution is 9.11. The monoisotopic (exact) mass is 2170 g/mol. The quantitative estimate of drug-likeness (QED) is 0.0238. The fourth-order valence-electron chi connectivity index (χ4n) is 15.5. The number of carbonyl (C=O) groups excluding carboxylic acids is 2. The van der Waals surface area contributed by atoms with Gasteiger partial charge in [0.25, 0.3) is 10.0 Å². The van der Waals surface area contributed by atoms with Crippen LogP contribution in [0.25, 0.3) is 54.5 Å².